The summed E-state index contributed by atoms with van der Waals surface area (Å²) in [5.41, 5.74) is 6.15. The van der Waals surface area contributed by atoms with Crippen molar-refractivity contribution in [1.82, 2.24) is 5.32 Å². The summed E-state index contributed by atoms with van der Waals surface area (Å²) < 4.78 is 0. The Kier molecular flexibility index (Phi) is 4.59. The molecule has 1 aromatic rings. The zero-order valence-electron chi connectivity index (χ0n) is 8.66. The molecule has 0 radical (unpaired) electrons. The van der Waals surface area contributed by atoms with Crippen molar-refractivity contribution >= 4 is 17.5 Å². The summed E-state index contributed by atoms with van der Waals surface area (Å²) in [5, 5.41) is 3.34. The first-order chi connectivity index (χ1) is 7.09. The van der Waals surface area contributed by atoms with Crippen LogP contribution in [0.2, 0.25) is 5.02 Å². The van der Waals surface area contributed by atoms with Gasteiger partial charge in [0.25, 0.3) is 5.91 Å². The van der Waals surface area contributed by atoms with Crippen LogP contribution in [0.3, 0.4) is 0 Å². The molecule has 0 aliphatic heterocycles. The van der Waals surface area contributed by atoms with Gasteiger partial charge in [0.1, 0.15) is 0 Å². The van der Waals surface area contributed by atoms with Gasteiger partial charge >= 0.3 is 0 Å². The lowest BCUT2D eigenvalue weighted by Gasteiger charge is -2.07. The van der Waals surface area contributed by atoms with Gasteiger partial charge in [-0.2, -0.15) is 0 Å². The van der Waals surface area contributed by atoms with Crippen molar-refractivity contribution in [3.8, 4) is 0 Å². The summed E-state index contributed by atoms with van der Waals surface area (Å²) in [6.45, 7) is 2.49. The summed E-state index contributed by atoms with van der Waals surface area (Å²) in [6.07, 6.45) is 0.770. The molecule has 1 amide bonds. The molecule has 0 fully saturated rings. The van der Waals surface area contributed by atoms with Crippen molar-refractivity contribution in [3.63, 3.8) is 0 Å². The Bertz CT molecular complexity index is 339. The van der Waals surface area contributed by atoms with Gasteiger partial charge < -0.3 is 11.1 Å². The molecule has 0 aliphatic carbocycles. The summed E-state index contributed by atoms with van der Waals surface area (Å²) >= 11 is 5.77. The fraction of sp³-hybridized carbons (Fsp3) is 0.364. The van der Waals surface area contributed by atoms with Crippen LogP contribution in [0, 0.1) is 0 Å². The highest BCUT2D eigenvalue weighted by atomic mass is 35.5. The van der Waals surface area contributed by atoms with E-state index in [-0.39, 0.29) is 11.9 Å². The Morgan fingerprint density at radius 2 is 2.33 bits per heavy atom. The summed E-state index contributed by atoms with van der Waals surface area (Å²) in [5.74, 6) is -0.113. The van der Waals surface area contributed by atoms with E-state index in [1.54, 1.807) is 24.3 Å². The Labute approximate surface area is 94.6 Å². The van der Waals surface area contributed by atoms with Crippen LogP contribution in [-0.4, -0.2) is 18.5 Å². The van der Waals surface area contributed by atoms with Crippen molar-refractivity contribution in [2.24, 2.45) is 5.73 Å². The smallest absolute Gasteiger partial charge is 0.251 e. The third-order valence-corrected chi connectivity index (χ3v) is 2.21. The van der Waals surface area contributed by atoms with Crippen molar-refractivity contribution in [2.45, 2.75) is 19.4 Å². The molecule has 3 N–H and O–H groups in total. The van der Waals surface area contributed by atoms with E-state index in [1.807, 2.05) is 6.92 Å². The lowest BCUT2D eigenvalue weighted by Crippen LogP contribution is -2.28. The highest BCUT2D eigenvalue weighted by Crippen LogP contribution is 2.10. The van der Waals surface area contributed by atoms with Crippen LogP contribution in [0.1, 0.15) is 23.7 Å². The topological polar surface area (TPSA) is 55.1 Å². The Balaban J connectivity index is 2.47. The summed E-state index contributed by atoms with van der Waals surface area (Å²) in [6, 6.07) is 6.96. The minimum Gasteiger partial charge on any atom is -0.352 e. The number of carbonyl (C=O) groups excluding carboxylic acids is 1. The second kappa shape index (κ2) is 5.73. The summed E-state index contributed by atoms with van der Waals surface area (Å²) in [4.78, 5) is 11.6. The number of hydrogen-bond acceptors (Lipinski definition) is 2. The minimum absolute atomic E-state index is 0.102. The number of amides is 1. The van der Waals surface area contributed by atoms with Crippen LogP contribution >= 0.6 is 11.6 Å². The second-order valence-corrected chi connectivity index (χ2v) is 3.97. The van der Waals surface area contributed by atoms with Gasteiger partial charge in [0.2, 0.25) is 0 Å². The van der Waals surface area contributed by atoms with Crippen LogP contribution in [0.25, 0.3) is 0 Å². The standard InChI is InChI=1S/C11H15ClN2O/c1-8(13)5-6-14-11(15)9-3-2-4-10(12)7-9/h2-4,7-8H,5-6,13H2,1H3,(H,14,15). The van der Waals surface area contributed by atoms with Gasteiger partial charge in [-0.3, -0.25) is 4.79 Å². The molecule has 0 saturated carbocycles. The maximum atomic E-state index is 11.6. The second-order valence-electron chi connectivity index (χ2n) is 3.53. The number of carbonyl (C=O) groups is 1. The number of nitrogens with two attached hydrogens (primary N) is 1. The molecule has 1 atom stereocenters. The van der Waals surface area contributed by atoms with E-state index in [9.17, 15) is 4.79 Å². The number of halogens is 1. The lowest BCUT2D eigenvalue weighted by atomic mass is 10.2. The molecule has 0 aliphatic rings. The first kappa shape index (κ1) is 12.0. The predicted molar refractivity (Wildman–Crippen MR) is 62.1 cm³/mol. The maximum Gasteiger partial charge on any atom is 0.251 e. The van der Waals surface area contributed by atoms with E-state index in [0.29, 0.717) is 17.1 Å². The average molecular weight is 227 g/mol. The van der Waals surface area contributed by atoms with Gasteiger partial charge in [-0.1, -0.05) is 17.7 Å². The third kappa shape index (κ3) is 4.32. The molecule has 0 spiro atoms. The van der Waals surface area contributed by atoms with Gasteiger partial charge in [0, 0.05) is 23.2 Å². The summed E-state index contributed by atoms with van der Waals surface area (Å²) in [7, 11) is 0. The molecule has 1 rings (SSSR count). The third-order valence-electron chi connectivity index (χ3n) is 1.97. The molecule has 0 aromatic heterocycles. The van der Waals surface area contributed by atoms with E-state index >= 15 is 0 Å². The van der Waals surface area contributed by atoms with Crippen LogP contribution in [-0.2, 0) is 0 Å². The van der Waals surface area contributed by atoms with Crippen LogP contribution in [0.5, 0.6) is 0 Å². The zero-order chi connectivity index (χ0) is 11.3. The number of hydrogen-bond donors (Lipinski definition) is 2. The van der Waals surface area contributed by atoms with Gasteiger partial charge in [0.05, 0.1) is 0 Å². The number of nitrogens with one attached hydrogen (secondary N) is 1. The SMILES string of the molecule is CC(N)CCNC(=O)c1cccc(Cl)c1. The van der Waals surface area contributed by atoms with Gasteiger partial charge in [-0.15, -0.1) is 0 Å². The number of rotatable bonds is 4. The monoisotopic (exact) mass is 226 g/mol. The molecule has 15 heavy (non-hydrogen) atoms. The highest BCUT2D eigenvalue weighted by molar-refractivity contribution is 6.30. The maximum absolute atomic E-state index is 11.6. The Hall–Kier alpha value is -1.06. The normalized spacial score (nSPS) is 12.2. The van der Waals surface area contributed by atoms with Gasteiger partial charge in [0.15, 0.2) is 0 Å². The minimum atomic E-state index is -0.113. The molecule has 4 heteroatoms. The lowest BCUT2D eigenvalue weighted by molar-refractivity contribution is 0.0953. The van der Waals surface area contributed by atoms with Gasteiger partial charge in [-0.05, 0) is 31.5 Å². The molecule has 82 valence electrons. The van der Waals surface area contributed by atoms with Crippen LogP contribution in [0.4, 0.5) is 0 Å². The molecule has 1 aromatic carbocycles. The largest absolute Gasteiger partial charge is 0.352 e. The number of benzene rings is 1. The van der Waals surface area contributed by atoms with Crippen molar-refractivity contribution in [3.05, 3.63) is 34.9 Å². The van der Waals surface area contributed by atoms with Gasteiger partial charge in [-0.25, -0.2) is 0 Å². The first-order valence-corrected chi connectivity index (χ1v) is 5.26. The molecule has 0 heterocycles. The Morgan fingerprint density at radius 1 is 1.60 bits per heavy atom. The molecular weight excluding hydrogens is 212 g/mol. The van der Waals surface area contributed by atoms with E-state index in [2.05, 4.69) is 5.32 Å². The zero-order valence-corrected chi connectivity index (χ0v) is 9.42. The molecular formula is C11H15ClN2O. The van der Waals surface area contributed by atoms with E-state index in [1.165, 1.54) is 0 Å². The van der Waals surface area contributed by atoms with E-state index in [4.69, 9.17) is 17.3 Å². The molecule has 3 nitrogen and oxygen atoms in total. The first-order valence-electron chi connectivity index (χ1n) is 4.89. The van der Waals surface area contributed by atoms with Crippen molar-refractivity contribution in [1.29, 1.82) is 0 Å². The predicted octanol–water partition coefficient (Wildman–Crippen LogP) is 1.81. The quantitative estimate of drug-likeness (QED) is 0.823. The molecule has 1 unspecified atom stereocenters. The highest BCUT2D eigenvalue weighted by Gasteiger charge is 2.05. The Morgan fingerprint density at radius 3 is 2.93 bits per heavy atom. The van der Waals surface area contributed by atoms with Crippen molar-refractivity contribution < 1.29 is 4.79 Å². The van der Waals surface area contributed by atoms with Crippen LogP contribution in [0.15, 0.2) is 24.3 Å². The molecule has 0 saturated heterocycles. The van der Waals surface area contributed by atoms with E-state index < -0.39 is 0 Å². The molecule has 0 bridgehead atoms. The van der Waals surface area contributed by atoms with E-state index in [0.717, 1.165) is 6.42 Å². The fourth-order valence-corrected chi connectivity index (χ4v) is 1.34. The van der Waals surface area contributed by atoms with Crippen LogP contribution < -0.4 is 11.1 Å². The average Bonchev–Trinajstić information content (AvgIpc) is 2.17. The fourth-order valence-electron chi connectivity index (χ4n) is 1.15. The van der Waals surface area contributed by atoms with Crippen molar-refractivity contribution in [2.75, 3.05) is 6.54 Å².